The van der Waals surface area contributed by atoms with E-state index in [1.807, 2.05) is 0 Å². The van der Waals surface area contributed by atoms with Crippen LogP contribution in [0, 0.1) is 26.1 Å². The van der Waals surface area contributed by atoms with Crippen LogP contribution in [0.3, 0.4) is 0 Å². The normalized spacial score (nSPS) is 13.0. The van der Waals surface area contributed by atoms with E-state index in [1.54, 1.807) is 0 Å². The lowest BCUT2D eigenvalue weighted by Crippen LogP contribution is -2.15. The second-order valence-electron chi connectivity index (χ2n) is 5.65. The van der Waals surface area contributed by atoms with Crippen LogP contribution >= 0.6 is 0 Å². The van der Waals surface area contributed by atoms with Crippen LogP contribution in [0.15, 0.2) is 24.3 Å². The van der Waals surface area contributed by atoms with Gasteiger partial charge in [-0.15, -0.1) is 10.1 Å². The molecular weight excluding hydrogens is 316 g/mol. The summed E-state index contributed by atoms with van der Waals surface area (Å²) in [6.45, 7) is 2.09. The summed E-state index contributed by atoms with van der Waals surface area (Å²) in [5, 5.41) is 20.5. The molecule has 1 aromatic rings. The molecule has 8 nitrogen and oxygen atoms in total. The Bertz CT molecular complexity index is 546. The van der Waals surface area contributed by atoms with Crippen LogP contribution in [-0.2, 0) is 9.63 Å². The molecule has 0 aliphatic carbocycles. The highest BCUT2D eigenvalue weighted by molar-refractivity contribution is 5.53. The van der Waals surface area contributed by atoms with Crippen LogP contribution in [0.4, 0.5) is 5.69 Å². The van der Waals surface area contributed by atoms with Gasteiger partial charge in [0, 0.05) is 18.1 Å². The van der Waals surface area contributed by atoms with Gasteiger partial charge >= 0.3 is 0 Å². The average molecular weight is 338 g/mol. The zero-order valence-electron chi connectivity index (χ0n) is 13.6. The summed E-state index contributed by atoms with van der Waals surface area (Å²) in [5.74, 6) is -0.345. The maximum atomic E-state index is 11.3. The van der Waals surface area contributed by atoms with Crippen molar-refractivity contribution >= 4 is 12.0 Å². The van der Waals surface area contributed by atoms with Gasteiger partial charge in [-0.05, 0) is 30.5 Å². The molecule has 0 radical (unpaired) electrons. The van der Waals surface area contributed by atoms with Crippen molar-refractivity contribution in [1.29, 1.82) is 0 Å². The van der Waals surface area contributed by atoms with Crippen LogP contribution in [0.5, 0.6) is 0 Å². The highest BCUT2D eigenvalue weighted by atomic mass is 17.0. The fourth-order valence-corrected chi connectivity index (χ4v) is 2.50. The fraction of sp³-hybridized carbons (Fsp3) is 0.562. The molecular formula is C16H22N2O6. The molecule has 0 saturated carbocycles. The van der Waals surface area contributed by atoms with Crippen LogP contribution < -0.4 is 0 Å². The second kappa shape index (κ2) is 10.3. The topological polar surface area (TPSA) is 113 Å². The Balaban J connectivity index is 2.77. The molecule has 0 aliphatic heterocycles. The number of hydrogen-bond acceptors (Lipinski definition) is 6. The van der Waals surface area contributed by atoms with E-state index in [2.05, 4.69) is 11.8 Å². The summed E-state index contributed by atoms with van der Waals surface area (Å²) in [4.78, 5) is 36.8. The summed E-state index contributed by atoms with van der Waals surface area (Å²) < 4.78 is 0. The Morgan fingerprint density at radius 2 is 1.79 bits per heavy atom. The van der Waals surface area contributed by atoms with E-state index in [-0.39, 0.29) is 18.0 Å². The number of carbonyl (C=O) groups excluding carboxylic acids is 1. The van der Waals surface area contributed by atoms with E-state index in [1.165, 1.54) is 24.3 Å². The summed E-state index contributed by atoms with van der Waals surface area (Å²) in [7, 11) is 0. The molecule has 0 aromatic heterocycles. The molecule has 1 rings (SSSR count). The minimum absolute atomic E-state index is 0.106. The maximum Gasteiger partial charge on any atom is 0.295 e. The van der Waals surface area contributed by atoms with E-state index in [0.29, 0.717) is 12.0 Å². The van der Waals surface area contributed by atoms with Gasteiger partial charge in [0.1, 0.15) is 12.4 Å². The Hall–Kier alpha value is -2.51. The first kappa shape index (κ1) is 19.5. The molecule has 132 valence electrons. The molecule has 0 bridgehead atoms. The van der Waals surface area contributed by atoms with Gasteiger partial charge in [0.2, 0.25) is 0 Å². The van der Waals surface area contributed by atoms with Gasteiger partial charge in [-0.25, -0.2) is 0 Å². The van der Waals surface area contributed by atoms with Crippen LogP contribution in [0.25, 0.3) is 0 Å². The molecule has 24 heavy (non-hydrogen) atoms. The van der Waals surface area contributed by atoms with Gasteiger partial charge in [-0.2, -0.15) is 0 Å². The summed E-state index contributed by atoms with van der Waals surface area (Å²) in [6.07, 6.45) is 4.77. The third-order valence-corrected chi connectivity index (χ3v) is 3.83. The number of nitro benzene ring substituents is 1. The number of benzene rings is 1. The van der Waals surface area contributed by atoms with Gasteiger partial charge in [-0.1, -0.05) is 32.6 Å². The Kier molecular flexibility index (Phi) is 8.38. The molecule has 2 atom stereocenters. The zero-order valence-corrected chi connectivity index (χ0v) is 13.6. The summed E-state index contributed by atoms with van der Waals surface area (Å²) in [6, 6.07) is 5.38. The number of non-ortho nitro benzene ring substituents is 1. The van der Waals surface area contributed by atoms with Crippen LogP contribution in [0.2, 0.25) is 0 Å². The average Bonchev–Trinajstić information content (AvgIpc) is 2.56. The molecule has 0 N–H and O–H groups in total. The van der Waals surface area contributed by atoms with Gasteiger partial charge in [0.05, 0.1) is 4.92 Å². The van der Waals surface area contributed by atoms with E-state index in [9.17, 15) is 25.0 Å². The molecule has 0 amide bonds. The van der Waals surface area contributed by atoms with Gasteiger partial charge in [0.15, 0.2) is 0 Å². The zero-order chi connectivity index (χ0) is 17.9. The molecule has 0 saturated heterocycles. The minimum atomic E-state index is -0.915. The molecule has 0 fully saturated rings. The first-order chi connectivity index (χ1) is 11.5. The first-order valence-electron chi connectivity index (χ1n) is 7.98. The number of unbranched alkanes of at least 4 members (excludes halogenated alkanes) is 3. The lowest BCUT2D eigenvalue weighted by atomic mass is 9.93. The summed E-state index contributed by atoms with van der Waals surface area (Å²) >= 11 is 0. The van der Waals surface area contributed by atoms with Crippen LogP contribution in [-0.4, -0.2) is 16.3 Å². The van der Waals surface area contributed by atoms with Crippen molar-refractivity contribution in [2.24, 2.45) is 5.92 Å². The van der Waals surface area contributed by atoms with Crippen molar-refractivity contribution in [1.82, 2.24) is 0 Å². The van der Waals surface area contributed by atoms with Crippen molar-refractivity contribution in [3.63, 3.8) is 0 Å². The molecule has 8 heteroatoms. The van der Waals surface area contributed by atoms with Crippen molar-refractivity contribution in [3.05, 3.63) is 50.1 Å². The largest absolute Gasteiger partial charge is 0.306 e. The first-order valence-corrected chi connectivity index (χ1v) is 7.98. The standard InChI is InChI=1S/C16H22N2O6/c1-2-3-4-5-6-13(12-19)11-16(24-18(22)23)14-7-9-15(10-8-14)17(20)21/h7-10,12-13,16H,2-6,11H2,1H3/t13-,16-/m0/s1. The maximum absolute atomic E-state index is 11.3. The second-order valence-corrected chi connectivity index (χ2v) is 5.65. The highest BCUT2D eigenvalue weighted by Gasteiger charge is 2.22. The van der Waals surface area contributed by atoms with Crippen molar-refractivity contribution in [2.75, 3.05) is 0 Å². The number of carbonyl (C=O) groups is 1. The van der Waals surface area contributed by atoms with Crippen molar-refractivity contribution in [3.8, 4) is 0 Å². The molecule has 0 aliphatic rings. The van der Waals surface area contributed by atoms with E-state index < -0.39 is 16.1 Å². The highest BCUT2D eigenvalue weighted by Crippen LogP contribution is 2.28. The molecule has 0 unspecified atom stereocenters. The third kappa shape index (κ3) is 6.72. The number of nitro groups is 1. The Labute approximate surface area is 140 Å². The Morgan fingerprint density at radius 3 is 2.29 bits per heavy atom. The Morgan fingerprint density at radius 1 is 1.12 bits per heavy atom. The van der Waals surface area contributed by atoms with Crippen molar-refractivity contribution < 1.29 is 19.6 Å². The molecule has 0 spiro atoms. The number of rotatable bonds is 12. The predicted octanol–water partition coefficient (Wildman–Crippen LogP) is 4.02. The fourth-order valence-electron chi connectivity index (χ4n) is 2.50. The van der Waals surface area contributed by atoms with E-state index >= 15 is 0 Å². The van der Waals surface area contributed by atoms with E-state index in [0.717, 1.165) is 32.0 Å². The number of nitrogens with zero attached hydrogens (tertiary/aromatic N) is 2. The monoisotopic (exact) mass is 338 g/mol. The predicted molar refractivity (Wildman–Crippen MR) is 86.8 cm³/mol. The minimum Gasteiger partial charge on any atom is -0.306 e. The van der Waals surface area contributed by atoms with Gasteiger partial charge in [-0.3, -0.25) is 10.1 Å². The van der Waals surface area contributed by atoms with E-state index in [4.69, 9.17) is 0 Å². The van der Waals surface area contributed by atoms with Gasteiger partial charge in [0.25, 0.3) is 10.8 Å². The van der Waals surface area contributed by atoms with Gasteiger partial charge < -0.3 is 9.63 Å². The number of hydrogen-bond donors (Lipinski definition) is 0. The third-order valence-electron chi connectivity index (χ3n) is 3.83. The lowest BCUT2D eigenvalue weighted by Gasteiger charge is -2.19. The smallest absolute Gasteiger partial charge is 0.295 e. The lowest BCUT2D eigenvalue weighted by molar-refractivity contribution is -0.771. The van der Waals surface area contributed by atoms with Crippen molar-refractivity contribution in [2.45, 2.75) is 51.6 Å². The summed E-state index contributed by atoms with van der Waals surface area (Å²) in [5.41, 5.74) is 0.336. The molecule has 1 aromatic carbocycles. The number of aldehydes is 1. The quantitative estimate of drug-likeness (QED) is 0.246. The SMILES string of the molecule is CCCCCC[C@H](C=O)C[C@H](O[N+](=O)[O-])c1ccc([N+](=O)[O-])cc1. The molecule has 0 heterocycles. The van der Waals surface area contributed by atoms with Crippen LogP contribution in [0.1, 0.15) is 57.1 Å².